The first-order valence-electron chi connectivity index (χ1n) is 10.2. The molecular weight excluding hydrogens is 398 g/mol. The van der Waals surface area contributed by atoms with E-state index in [1.807, 2.05) is 37.7 Å². The maximum Gasteiger partial charge on any atom is 0.266 e. The van der Waals surface area contributed by atoms with Crippen molar-refractivity contribution in [2.45, 2.75) is 33.7 Å². The molecule has 1 aliphatic heterocycles. The summed E-state index contributed by atoms with van der Waals surface area (Å²) in [6.45, 7) is 8.96. The molecule has 1 aromatic carbocycles. The van der Waals surface area contributed by atoms with Gasteiger partial charge in [0, 0.05) is 59.8 Å². The zero-order valence-electron chi connectivity index (χ0n) is 17.6. The van der Waals surface area contributed by atoms with Crippen molar-refractivity contribution in [1.29, 1.82) is 0 Å². The summed E-state index contributed by atoms with van der Waals surface area (Å²) in [5.41, 5.74) is 5.98. The minimum Gasteiger partial charge on any atom is -0.326 e. The van der Waals surface area contributed by atoms with Gasteiger partial charge in [0.2, 0.25) is 5.91 Å². The van der Waals surface area contributed by atoms with Crippen molar-refractivity contribution in [1.82, 2.24) is 19.5 Å². The number of rotatable bonds is 5. The molecule has 4 rings (SSSR count). The molecule has 0 radical (unpaired) electrons. The van der Waals surface area contributed by atoms with Crippen LogP contribution < -0.4 is 10.9 Å². The molecule has 1 saturated heterocycles. The SMILES string of the molecule is Cc1nc2cc(=O)[nH]n2c(C)c1CC(=O)Nc1cccc(CN2CCSCC2)c1C. The van der Waals surface area contributed by atoms with E-state index in [-0.39, 0.29) is 17.9 Å². The van der Waals surface area contributed by atoms with Crippen LogP contribution in [0.5, 0.6) is 0 Å². The third-order valence-electron chi connectivity index (χ3n) is 5.76. The van der Waals surface area contributed by atoms with Crippen molar-refractivity contribution in [3.05, 3.63) is 62.7 Å². The number of carbonyl (C=O) groups is 1. The van der Waals surface area contributed by atoms with E-state index in [0.717, 1.165) is 47.8 Å². The zero-order chi connectivity index (χ0) is 21.3. The lowest BCUT2D eigenvalue weighted by Gasteiger charge is -2.27. The largest absolute Gasteiger partial charge is 0.326 e. The first-order chi connectivity index (χ1) is 14.4. The second-order valence-corrected chi connectivity index (χ2v) is 9.00. The topological polar surface area (TPSA) is 82.5 Å². The molecule has 2 aromatic heterocycles. The van der Waals surface area contributed by atoms with Crippen molar-refractivity contribution >= 4 is 29.0 Å². The minimum atomic E-state index is -0.202. The number of aryl methyl sites for hydroxylation is 2. The van der Waals surface area contributed by atoms with Crippen molar-refractivity contribution < 1.29 is 4.79 Å². The highest BCUT2D eigenvalue weighted by Gasteiger charge is 2.16. The van der Waals surface area contributed by atoms with Gasteiger partial charge in [-0.3, -0.25) is 19.6 Å². The molecule has 2 N–H and O–H groups in total. The number of fused-ring (bicyclic) bond motifs is 1. The van der Waals surface area contributed by atoms with E-state index < -0.39 is 0 Å². The normalized spacial score (nSPS) is 14.9. The number of amides is 1. The summed E-state index contributed by atoms with van der Waals surface area (Å²) in [5.74, 6) is 2.27. The molecule has 0 aliphatic carbocycles. The first-order valence-corrected chi connectivity index (χ1v) is 11.3. The van der Waals surface area contributed by atoms with Crippen molar-refractivity contribution in [2.75, 3.05) is 29.9 Å². The first kappa shape index (κ1) is 20.7. The number of hydrogen-bond donors (Lipinski definition) is 2. The molecule has 3 heterocycles. The summed E-state index contributed by atoms with van der Waals surface area (Å²) in [4.78, 5) is 31.4. The van der Waals surface area contributed by atoms with Crippen LogP contribution in [-0.4, -0.2) is 50.0 Å². The monoisotopic (exact) mass is 425 g/mol. The smallest absolute Gasteiger partial charge is 0.266 e. The van der Waals surface area contributed by atoms with E-state index in [9.17, 15) is 9.59 Å². The Morgan fingerprint density at radius 2 is 2.00 bits per heavy atom. The van der Waals surface area contributed by atoms with Crippen LogP contribution in [0.4, 0.5) is 5.69 Å². The van der Waals surface area contributed by atoms with Gasteiger partial charge < -0.3 is 5.32 Å². The molecule has 1 aliphatic rings. The Kier molecular flexibility index (Phi) is 5.97. The fraction of sp³-hybridized carbons (Fsp3) is 0.409. The second-order valence-electron chi connectivity index (χ2n) is 7.78. The standard InChI is InChI=1S/C22H27N5O2S/c1-14-17(13-26-7-9-30-10-8-26)5-4-6-19(14)24-21(28)11-18-15(2)23-20-12-22(29)25-27(20)16(18)3/h4-6,12H,7-11,13H2,1-3H3,(H,24,28)(H,25,29). The highest BCUT2D eigenvalue weighted by Crippen LogP contribution is 2.22. The van der Waals surface area contributed by atoms with E-state index in [4.69, 9.17) is 0 Å². The van der Waals surface area contributed by atoms with Gasteiger partial charge in [-0.2, -0.15) is 11.8 Å². The predicted octanol–water partition coefficient (Wildman–Crippen LogP) is 2.68. The molecule has 1 amide bonds. The molecule has 30 heavy (non-hydrogen) atoms. The molecule has 0 bridgehead atoms. The number of hydrogen-bond acceptors (Lipinski definition) is 5. The van der Waals surface area contributed by atoms with E-state index in [0.29, 0.717) is 5.65 Å². The Hall–Kier alpha value is -2.58. The van der Waals surface area contributed by atoms with Crippen LogP contribution in [0.25, 0.3) is 5.65 Å². The predicted molar refractivity (Wildman–Crippen MR) is 121 cm³/mol. The fourth-order valence-corrected chi connectivity index (χ4v) is 4.94. The Balaban J connectivity index is 1.51. The summed E-state index contributed by atoms with van der Waals surface area (Å²) in [7, 11) is 0. The van der Waals surface area contributed by atoms with Gasteiger partial charge in [0.05, 0.1) is 6.42 Å². The van der Waals surface area contributed by atoms with Gasteiger partial charge in [0.1, 0.15) is 0 Å². The minimum absolute atomic E-state index is 0.0912. The molecule has 158 valence electrons. The van der Waals surface area contributed by atoms with Gasteiger partial charge in [-0.15, -0.1) is 0 Å². The number of carbonyl (C=O) groups excluding carboxylic acids is 1. The molecule has 1 fully saturated rings. The maximum atomic E-state index is 12.8. The summed E-state index contributed by atoms with van der Waals surface area (Å²) in [6, 6.07) is 7.56. The lowest BCUT2D eigenvalue weighted by molar-refractivity contribution is -0.115. The Labute approximate surface area is 179 Å². The lowest BCUT2D eigenvalue weighted by atomic mass is 10.0. The van der Waals surface area contributed by atoms with E-state index in [1.165, 1.54) is 23.1 Å². The molecule has 7 nitrogen and oxygen atoms in total. The number of anilines is 1. The molecule has 0 unspecified atom stereocenters. The van der Waals surface area contributed by atoms with E-state index >= 15 is 0 Å². The molecular formula is C22H27N5O2S. The zero-order valence-corrected chi connectivity index (χ0v) is 18.4. The third kappa shape index (κ3) is 4.29. The molecule has 0 atom stereocenters. The Morgan fingerprint density at radius 3 is 2.77 bits per heavy atom. The van der Waals surface area contributed by atoms with Gasteiger partial charge in [-0.1, -0.05) is 12.1 Å². The summed E-state index contributed by atoms with van der Waals surface area (Å²) in [6.07, 6.45) is 0.202. The van der Waals surface area contributed by atoms with Crippen LogP contribution in [0.1, 0.15) is 28.1 Å². The van der Waals surface area contributed by atoms with Gasteiger partial charge in [0.15, 0.2) is 5.65 Å². The average Bonchev–Trinajstić information content (AvgIpc) is 3.09. The number of nitrogens with one attached hydrogen (secondary N) is 2. The highest BCUT2D eigenvalue weighted by atomic mass is 32.2. The number of benzene rings is 1. The van der Waals surface area contributed by atoms with E-state index in [1.54, 1.807) is 4.52 Å². The number of thioether (sulfide) groups is 1. The van der Waals surface area contributed by atoms with Crippen LogP contribution in [0.2, 0.25) is 0 Å². The third-order valence-corrected chi connectivity index (χ3v) is 6.70. The fourth-order valence-electron chi connectivity index (χ4n) is 3.96. The quantitative estimate of drug-likeness (QED) is 0.657. The van der Waals surface area contributed by atoms with Gasteiger partial charge in [-0.05, 0) is 38.0 Å². The Bertz CT molecular complexity index is 1140. The second kappa shape index (κ2) is 8.65. The van der Waals surface area contributed by atoms with Crippen LogP contribution >= 0.6 is 11.8 Å². The van der Waals surface area contributed by atoms with Crippen molar-refractivity contribution in [2.24, 2.45) is 0 Å². The Morgan fingerprint density at radius 1 is 1.23 bits per heavy atom. The van der Waals surface area contributed by atoms with Gasteiger partial charge in [0.25, 0.3) is 5.56 Å². The van der Waals surface area contributed by atoms with Gasteiger partial charge in [-0.25, -0.2) is 9.50 Å². The molecule has 0 spiro atoms. The number of H-pyrrole nitrogens is 1. The summed E-state index contributed by atoms with van der Waals surface area (Å²) in [5, 5.41) is 5.81. The van der Waals surface area contributed by atoms with Crippen LogP contribution in [0, 0.1) is 20.8 Å². The summed E-state index contributed by atoms with van der Waals surface area (Å²) >= 11 is 2.00. The number of aromatic nitrogens is 3. The number of nitrogens with zero attached hydrogens (tertiary/aromatic N) is 3. The molecule has 8 heteroatoms. The van der Waals surface area contributed by atoms with Gasteiger partial charge >= 0.3 is 0 Å². The van der Waals surface area contributed by atoms with Crippen LogP contribution in [-0.2, 0) is 17.8 Å². The lowest BCUT2D eigenvalue weighted by Crippen LogP contribution is -2.32. The average molecular weight is 426 g/mol. The molecule has 3 aromatic rings. The summed E-state index contributed by atoms with van der Waals surface area (Å²) < 4.78 is 1.64. The number of aromatic amines is 1. The van der Waals surface area contributed by atoms with Crippen molar-refractivity contribution in [3.63, 3.8) is 0 Å². The van der Waals surface area contributed by atoms with Crippen molar-refractivity contribution in [3.8, 4) is 0 Å². The molecule has 0 saturated carbocycles. The highest BCUT2D eigenvalue weighted by molar-refractivity contribution is 7.99. The van der Waals surface area contributed by atoms with Crippen LogP contribution in [0.3, 0.4) is 0 Å². The maximum absolute atomic E-state index is 12.8. The van der Waals surface area contributed by atoms with Crippen LogP contribution in [0.15, 0.2) is 29.1 Å². The van der Waals surface area contributed by atoms with E-state index in [2.05, 4.69) is 33.3 Å².